The van der Waals surface area contributed by atoms with Crippen LogP contribution in [0, 0.1) is 0 Å². The molecule has 0 atom stereocenters. The third kappa shape index (κ3) is 5.84. The SMILES string of the molecule is O=C(OCCOCCOC(=O)c1ccncc1)c1ccncc1. The number of rotatable bonds is 8. The number of nitrogens with zero attached hydrogens (tertiary/aromatic N) is 2. The van der Waals surface area contributed by atoms with E-state index in [-0.39, 0.29) is 26.4 Å². The van der Waals surface area contributed by atoms with Crippen molar-refractivity contribution in [1.29, 1.82) is 0 Å². The molecule has 0 spiro atoms. The molecule has 0 aliphatic heterocycles. The molecule has 23 heavy (non-hydrogen) atoms. The summed E-state index contributed by atoms with van der Waals surface area (Å²) in [6.45, 7) is 0.701. The van der Waals surface area contributed by atoms with Gasteiger partial charge in [-0.05, 0) is 24.3 Å². The first-order chi connectivity index (χ1) is 11.3. The molecule has 0 aliphatic carbocycles. The van der Waals surface area contributed by atoms with Gasteiger partial charge in [-0.25, -0.2) is 9.59 Å². The lowest BCUT2D eigenvalue weighted by atomic mass is 10.3. The molecular weight excluding hydrogens is 300 g/mol. The van der Waals surface area contributed by atoms with Gasteiger partial charge in [0.2, 0.25) is 0 Å². The summed E-state index contributed by atoms with van der Waals surface area (Å²) >= 11 is 0. The van der Waals surface area contributed by atoms with Gasteiger partial charge in [0.15, 0.2) is 0 Å². The summed E-state index contributed by atoms with van der Waals surface area (Å²) in [5.74, 6) is -0.861. The van der Waals surface area contributed by atoms with Crippen molar-refractivity contribution in [3.8, 4) is 0 Å². The zero-order valence-electron chi connectivity index (χ0n) is 12.4. The minimum absolute atomic E-state index is 0.124. The molecular formula is C16H16N2O5. The highest BCUT2D eigenvalue weighted by Gasteiger charge is 2.07. The van der Waals surface area contributed by atoms with E-state index in [1.165, 1.54) is 24.8 Å². The van der Waals surface area contributed by atoms with Crippen LogP contribution in [0.3, 0.4) is 0 Å². The molecule has 0 aromatic carbocycles. The van der Waals surface area contributed by atoms with E-state index in [9.17, 15) is 9.59 Å². The average molecular weight is 316 g/mol. The monoisotopic (exact) mass is 316 g/mol. The third-order valence-electron chi connectivity index (χ3n) is 2.75. The Bertz CT molecular complexity index is 563. The van der Waals surface area contributed by atoms with E-state index in [1.807, 2.05) is 0 Å². The molecule has 7 heteroatoms. The van der Waals surface area contributed by atoms with Crippen LogP contribution < -0.4 is 0 Å². The largest absolute Gasteiger partial charge is 0.460 e. The standard InChI is InChI=1S/C16H16N2O5/c19-15(13-1-5-17-6-2-13)22-11-9-21-10-12-23-16(20)14-3-7-18-8-4-14/h1-8H,9-12H2. The Morgan fingerprint density at radius 1 is 0.696 bits per heavy atom. The molecule has 2 rings (SSSR count). The number of carbonyl (C=O) groups excluding carboxylic acids is 2. The van der Waals surface area contributed by atoms with Gasteiger partial charge in [-0.1, -0.05) is 0 Å². The maximum atomic E-state index is 11.6. The van der Waals surface area contributed by atoms with Gasteiger partial charge in [-0.2, -0.15) is 0 Å². The van der Waals surface area contributed by atoms with E-state index in [4.69, 9.17) is 14.2 Å². The van der Waals surface area contributed by atoms with E-state index in [0.29, 0.717) is 11.1 Å². The average Bonchev–Trinajstić information content (AvgIpc) is 2.62. The van der Waals surface area contributed by atoms with Crippen molar-refractivity contribution in [3.05, 3.63) is 60.2 Å². The lowest BCUT2D eigenvalue weighted by molar-refractivity contribution is 0.0151. The summed E-state index contributed by atoms with van der Waals surface area (Å²) in [5, 5.41) is 0. The summed E-state index contributed by atoms with van der Waals surface area (Å²) in [7, 11) is 0. The zero-order chi connectivity index (χ0) is 16.3. The van der Waals surface area contributed by atoms with Crippen molar-refractivity contribution in [1.82, 2.24) is 9.97 Å². The first-order valence-electron chi connectivity index (χ1n) is 6.99. The molecule has 7 nitrogen and oxygen atoms in total. The smallest absolute Gasteiger partial charge is 0.338 e. The minimum Gasteiger partial charge on any atom is -0.460 e. The molecule has 0 fully saturated rings. The van der Waals surface area contributed by atoms with Gasteiger partial charge in [0.25, 0.3) is 0 Å². The number of pyridine rings is 2. The summed E-state index contributed by atoms with van der Waals surface area (Å²) in [6.07, 6.45) is 6.07. The van der Waals surface area contributed by atoms with Crippen molar-refractivity contribution in [2.24, 2.45) is 0 Å². The van der Waals surface area contributed by atoms with Crippen molar-refractivity contribution in [2.75, 3.05) is 26.4 Å². The molecule has 2 heterocycles. The van der Waals surface area contributed by atoms with E-state index >= 15 is 0 Å². The lowest BCUT2D eigenvalue weighted by Crippen LogP contribution is -2.14. The Kier molecular flexibility index (Phi) is 6.67. The zero-order valence-corrected chi connectivity index (χ0v) is 12.4. The third-order valence-corrected chi connectivity index (χ3v) is 2.75. The Labute approximate surface area is 133 Å². The first kappa shape index (κ1) is 16.6. The second-order valence-electron chi connectivity index (χ2n) is 4.36. The van der Waals surface area contributed by atoms with E-state index in [1.54, 1.807) is 24.3 Å². The van der Waals surface area contributed by atoms with Gasteiger partial charge >= 0.3 is 11.9 Å². The van der Waals surface area contributed by atoms with Crippen LogP contribution in [0.25, 0.3) is 0 Å². The highest BCUT2D eigenvalue weighted by molar-refractivity contribution is 5.89. The van der Waals surface area contributed by atoms with Gasteiger partial charge in [-0.3, -0.25) is 9.97 Å². The molecule has 0 saturated heterocycles. The maximum Gasteiger partial charge on any atom is 0.338 e. The number of aromatic nitrogens is 2. The predicted octanol–water partition coefficient (Wildman–Crippen LogP) is 1.51. The van der Waals surface area contributed by atoms with Gasteiger partial charge in [0, 0.05) is 24.8 Å². The lowest BCUT2D eigenvalue weighted by Gasteiger charge is -2.07. The number of hydrogen-bond acceptors (Lipinski definition) is 7. The van der Waals surface area contributed by atoms with Crippen LogP contribution in [0.5, 0.6) is 0 Å². The first-order valence-corrected chi connectivity index (χ1v) is 6.99. The number of carbonyl (C=O) groups is 2. The predicted molar refractivity (Wildman–Crippen MR) is 79.9 cm³/mol. The molecule has 2 aromatic rings. The van der Waals surface area contributed by atoms with Crippen LogP contribution in [0.2, 0.25) is 0 Å². The normalized spacial score (nSPS) is 10.1. The number of hydrogen-bond donors (Lipinski definition) is 0. The van der Waals surface area contributed by atoms with Gasteiger partial charge in [-0.15, -0.1) is 0 Å². The van der Waals surface area contributed by atoms with Crippen molar-refractivity contribution >= 4 is 11.9 Å². The van der Waals surface area contributed by atoms with E-state index < -0.39 is 11.9 Å². The van der Waals surface area contributed by atoms with Crippen LogP contribution in [0.1, 0.15) is 20.7 Å². The molecule has 0 unspecified atom stereocenters. The van der Waals surface area contributed by atoms with Gasteiger partial charge in [0.05, 0.1) is 24.3 Å². The molecule has 120 valence electrons. The van der Waals surface area contributed by atoms with Crippen LogP contribution in [-0.2, 0) is 14.2 Å². The molecule has 0 bridgehead atoms. The fourth-order valence-electron chi connectivity index (χ4n) is 1.63. The second kappa shape index (κ2) is 9.26. The van der Waals surface area contributed by atoms with Crippen LogP contribution in [-0.4, -0.2) is 48.3 Å². The maximum absolute atomic E-state index is 11.6. The molecule has 0 radical (unpaired) electrons. The Balaban J connectivity index is 1.53. The molecule has 0 amide bonds. The summed E-state index contributed by atoms with van der Waals surface area (Å²) in [4.78, 5) is 30.8. The van der Waals surface area contributed by atoms with E-state index in [2.05, 4.69) is 9.97 Å². The van der Waals surface area contributed by atoms with Crippen molar-refractivity contribution in [2.45, 2.75) is 0 Å². The van der Waals surface area contributed by atoms with E-state index in [0.717, 1.165) is 0 Å². The number of esters is 2. The molecule has 0 N–H and O–H groups in total. The van der Waals surface area contributed by atoms with Crippen molar-refractivity contribution in [3.63, 3.8) is 0 Å². The topological polar surface area (TPSA) is 87.6 Å². The van der Waals surface area contributed by atoms with Gasteiger partial charge < -0.3 is 14.2 Å². The Hall–Kier alpha value is -2.80. The van der Waals surface area contributed by atoms with Crippen LogP contribution in [0.15, 0.2) is 49.1 Å². The summed E-state index contributed by atoms with van der Waals surface area (Å²) < 4.78 is 15.3. The van der Waals surface area contributed by atoms with Crippen molar-refractivity contribution < 1.29 is 23.8 Å². The second-order valence-corrected chi connectivity index (χ2v) is 4.36. The van der Waals surface area contributed by atoms with Crippen LogP contribution >= 0.6 is 0 Å². The molecule has 0 aliphatic rings. The number of ether oxygens (including phenoxy) is 3. The quantitative estimate of drug-likeness (QED) is 0.539. The fourth-order valence-corrected chi connectivity index (χ4v) is 1.63. The highest BCUT2D eigenvalue weighted by atomic mass is 16.6. The Morgan fingerprint density at radius 3 is 1.48 bits per heavy atom. The molecule has 2 aromatic heterocycles. The summed E-state index contributed by atoms with van der Waals surface area (Å²) in [5.41, 5.74) is 0.873. The minimum atomic E-state index is -0.430. The fraction of sp³-hybridized carbons (Fsp3) is 0.250. The van der Waals surface area contributed by atoms with Crippen LogP contribution in [0.4, 0.5) is 0 Å². The summed E-state index contributed by atoms with van der Waals surface area (Å²) in [6, 6.07) is 6.28. The highest BCUT2D eigenvalue weighted by Crippen LogP contribution is 2.00. The molecule has 0 saturated carbocycles. The van der Waals surface area contributed by atoms with Gasteiger partial charge in [0.1, 0.15) is 13.2 Å². The Morgan fingerprint density at radius 2 is 1.09 bits per heavy atom.